The summed E-state index contributed by atoms with van der Waals surface area (Å²) < 4.78 is 13.3. The van der Waals surface area contributed by atoms with Gasteiger partial charge in [0.25, 0.3) is 0 Å². The molecule has 0 saturated heterocycles. The molecule has 168 valence electrons. The second-order valence-electron chi connectivity index (χ2n) is 10.6. The minimum atomic E-state index is -0.220. The number of hydrogen-bond donors (Lipinski definition) is 2. The lowest BCUT2D eigenvalue weighted by atomic mass is 9.48. The molecule has 4 nitrogen and oxygen atoms in total. The number of fused-ring (bicyclic) bond motifs is 7. The average Bonchev–Trinajstić information content (AvgIpc) is 3.34. The van der Waals surface area contributed by atoms with Gasteiger partial charge in [0.2, 0.25) is 0 Å². The molecule has 0 radical (unpaired) electrons. The molecule has 2 saturated carbocycles. The molecule has 0 spiro atoms. The zero-order valence-electron chi connectivity index (χ0n) is 18.8. The Hall–Kier alpha value is -2.21. The van der Waals surface area contributed by atoms with Crippen molar-refractivity contribution in [3.63, 3.8) is 0 Å². The lowest BCUT2D eigenvalue weighted by molar-refractivity contribution is 0.0117. The fourth-order valence-electron chi connectivity index (χ4n) is 7.59. The second-order valence-corrected chi connectivity index (χ2v) is 11.6. The standard InChI is InChI=1S/C26H31FN4S/c1-25-14-12-21-23(32-24(30-21)29-16-5-3-15(27)4-6-16)20(25)8-7-17-18-9-10-22(31-28)26(18,2)13-11-19(17)25/h3-6,8,17-19H,7,9-14,28H2,1-2H3,(H,29,30)/b31-22+/t17-,18-,19-,25+,26-/m0/s1. The number of thiazole rings is 1. The van der Waals surface area contributed by atoms with Gasteiger partial charge in [-0.1, -0.05) is 31.3 Å². The van der Waals surface area contributed by atoms with Gasteiger partial charge in [-0.05, 0) is 98.0 Å². The van der Waals surface area contributed by atoms with Crippen molar-refractivity contribution in [3.8, 4) is 0 Å². The third-order valence-electron chi connectivity index (χ3n) is 9.28. The van der Waals surface area contributed by atoms with Crippen LogP contribution in [0.1, 0.15) is 62.9 Å². The number of halogens is 1. The molecule has 5 atom stereocenters. The van der Waals surface area contributed by atoms with E-state index in [9.17, 15) is 4.39 Å². The number of nitrogens with two attached hydrogens (primary N) is 1. The molecule has 6 heteroatoms. The van der Waals surface area contributed by atoms with Gasteiger partial charge < -0.3 is 11.2 Å². The minimum Gasteiger partial charge on any atom is -0.332 e. The quantitative estimate of drug-likeness (QED) is 0.404. The monoisotopic (exact) mass is 450 g/mol. The molecular formula is C26H31FN4S. The highest BCUT2D eigenvalue weighted by molar-refractivity contribution is 7.16. The van der Waals surface area contributed by atoms with Gasteiger partial charge in [-0.3, -0.25) is 0 Å². The van der Waals surface area contributed by atoms with Crippen LogP contribution in [-0.4, -0.2) is 10.7 Å². The van der Waals surface area contributed by atoms with Crippen molar-refractivity contribution in [3.05, 3.63) is 46.7 Å². The number of anilines is 2. The summed E-state index contributed by atoms with van der Waals surface area (Å²) >= 11 is 1.76. The number of benzene rings is 1. The van der Waals surface area contributed by atoms with Crippen molar-refractivity contribution in [1.29, 1.82) is 0 Å². The summed E-state index contributed by atoms with van der Waals surface area (Å²) in [4.78, 5) is 6.29. The summed E-state index contributed by atoms with van der Waals surface area (Å²) in [6, 6.07) is 6.50. The predicted molar refractivity (Wildman–Crippen MR) is 129 cm³/mol. The van der Waals surface area contributed by atoms with Crippen LogP contribution in [0.4, 0.5) is 15.2 Å². The van der Waals surface area contributed by atoms with Crippen LogP contribution in [0.3, 0.4) is 0 Å². The second kappa shape index (κ2) is 7.14. The number of allylic oxidation sites excluding steroid dienone is 2. The molecule has 1 aromatic heterocycles. The van der Waals surface area contributed by atoms with Crippen molar-refractivity contribution in [1.82, 2.24) is 4.98 Å². The van der Waals surface area contributed by atoms with Crippen LogP contribution in [0, 0.1) is 34.4 Å². The van der Waals surface area contributed by atoms with E-state index in [1.54, 1.807) is 23.5 Å². The summed E-state index contributed by atoms with van der Waals surface area (Å²) in [5, 5.41) is 8.51. The molecule has 0 unspecified atom stereocenters. The molecule has 2 aromatic rings. The largest absolute Gasteiger partial charge is 0.332 e. The first-order valence-electron chi connectivity index (χ1n) is 11.9. The molecule has 2 fully saturated rings. The molecule has 0 bridgehead atoms. The van der Waals surface area contributed by atoms with Crippen LogP contribution in [0.25, 0.3) is 5.57 Å². The Labute approximate surface area is 193 Å². The smallest absolute Gasteiger partial charge is 0.187 e. The van der Waals surface area contributed by atoms with Gasteiger partial charge >= 0.3 is 0 Å². The van der Waals surface area contributed by atoms with Gasteiger partial charge in [0, 0.05) is 16.8 Å². The molecule has 0 amide bonds. The highest BCUT2D eigenvalue weighted by Crippen LogP contribution is 2.65. The van der Waals surface area contributed by atoms with E-state index in [0.717, 1.165) is 41.9 Å². The van der Waals surface area contributed by atoms with Crippen molar-refractivity contribution >= 4 is 33.4 Å². The molecular weight excluding hydrogens is 419 g/mol. The van der Waals surface area contributed by atoms with Crippen LogP contribution in [0.5, 0.6) is 0 Å². The summed E-state index contributed by atoms with van der Waals surface area (Å²) in [7, 11) is 0. The molecule has 6 rings (SSSR count). The Kier molecular flexibility index (Phi) is 4.55. The normalized spacial score (nSPS) is 36.7. The van der Waals surface area contributed by atoms with Crippen LogP contribution >= 0.6 is 11.3 Å². The number of nitrogens with zero attached hydrogens (tertiary/aromatic N) is 2. The van der Waals surface area contributed by atoms with E-state index in [0.29, 0.717) is 5.92 Å². The molecule has 0 aliphatic heterocycles. The van der Waals surface area contributed by atoms with Gasteiger partial charge in [-0.25, -0.2) is 9.37 Å². The first kappa shape index (κ1) is 20.4. The summed E-state index contributed by atoms with van der Waals surface area (Å²) in [6.45, 7) is 4.94. The lowest BCUT2D eigenvalue weighted by Gasteiger charge is -2.56. The molecule has 4 aliphatic carbocycles. The minimum absolute atomic E-state index is 0.203. The zero-order valence-corrected chi connectivity index (χ0v) is 19.6. The number of aryl methyl sites for hydroxylation is 1. The highest BCUT2D eigenvalue weighted by Gasteiger charge is 2.58. The van der Waals surface area contributed by atoms with Crippen molar-refractivity contribution < 1.29 is 4.39 Å². The zero-order chi connectivity index (χ0) is 22.1. The topological polar surface area (TPSA) is 63.3 Å². The van der Waals surface area contributed by atoms with Crippen LogP contribution < -0.4 is 11.2 Å². The molecule has 3 N–H and O–H groups in total. The maximum absolute atomic E-state index is 13.3. The lowest BCUT2D eigenvalue weighted by Crippen LogP contribution is -2.49. The fraction of sp³-hybridized carbons (Fsp3) is 0.538. The van der Waals surface area contributed by atoms with Gasteiger partial charge in [0.15, 0.2) is 5.13 Å². The van der Waals surface area contributed by atoms with Crippen LogP contribution in [0.15, 0.2) is 35.4 Å². The number of hydrogen-bond acceptors (Lipinski definition) is 5. The highest BCUT2D eigenvalue weighted by atomic mass is 32.1. The van der Waals surface area contributed by atoms with E-state index in [4.69, 9.17) is 10.8 Å². The number of rotatable bonds is 2. The number of nitrogens with one attached hydrogen (secondary N) is 1. The van der Waals surface area contributed by atoms with E-state index in [2.05, 4.69) is 30.3 Å². The Morgan fingerprint density at radius 1 is 1.09 bits per heavy atom. The molecule has 4 aliphatic rings. The van der Waals surface area contributed by atoms with Crippen LogP contribution in [0.2, 0.25) is 0 Å². The van der Waals surface area contributed by atoms with E-state index >= 15 is 0 Å². The Bertz CT molecular complexity index is 1120. The molecule has 32 heavy (non-hydrogen) atoms. The predicted octanol–water partition coefficient (Wildman–Crippen LogP) is 6.52. The van der Waals surface area contributed by atoms with E-state index in [-0.39, 0.29) is 16.6 Å². The first-order valence-corrected chi connectivity index (χ1v) is 12.7. The SMILES string of the molecule is C[C@]12CCc3nc(Nc4ccc(F)cc4)sc3C1=CC[C@@H]1[C@@H]2CC[C@]2(C)/C(=N/N)CC[C@@H]12. The van der Waals surface area contributed by atoms with Gasteiger partial charge in [-0.2, -0.15) is 5.10 Å². The Balaban J connectivity index is 1.32. The van der Waals surface area contributed by atoms with Crippen molar-refractivity contribution in [2.24, 2.45) is 39.5 Å². The first-order chi connectivity index (χ1) is 15.4. The average molecular weight is 451 g/mol. The van der Waals surface area contributed by atoms with E-state index < -0.39 is 0 Å². The third kappa shape index (κ3) is 2.84. The maximum Gasteiger partial charge on any atom is 0.187 e. The van der Waals surface area contributed by atoms with Gasteiger partial charge in [-0.15, -0.1) is 0 Å². The van der Waals surface area contributed by atoms with E-state index in [1.807, 2.05) is 0 Å². The third-order valence-corrected chi connectivity index (χ3v) is 10.3. The fourth-order valence-corrected chi connectivity index (χ4v) is 8.80. The van der Waals surface area contributed by atoms with Crippen molar-refractivity contribution in [2.45, 2.75) is 58.8 Å². The Morgan fingerprint density at radius 2 is 1.88 bits per heavy atom. The summed E-state index contributed by atoms with van der Waals surface area (Å²) in [6.07, 6.45) is 10.7. The van der Waals surface area contributed by atoms with E-state index in [1.165, 1.54) is 59.7 Å². The number of hydrazone groups is 1. The number of aromatic nitrogens is 1. The summed E-state index contributed by atoms with van der Waals surface area (Å²) in [5.74, 6) is 7.73. The van der Waals surface area contributed by atoms with Crippen LogP contribution in [-0.2, 0) is 6.42 Å². The van der Waals surface area contributed by atoms with Crippen molar-refractivity contribution in [2.75, 3.05) is 5.32 Å². The Morgan fingerprint density at radius 3 is 2.66 bits per heavy atom. The summed E-state index contributed by atoms with van der Waals surface area (Å²) in [5.41, 5.74) is 5.31. The van der Waals surface area contributed by atoms with Gasteiger partial charge in [0.1, 0.15) is 5.82 Å². The van der Waals surface area contributed by atoms with Gasteiger partial charge in [0.05, 0.1) is 10.6 Å². The molecule has 1 heterocycles. The maximum atomic E-state index is 13.3. The molecule has 1 aromatic carbocycles.